The van der Waals surface area contributed by atoms with Crippen molar-refractivity contribution in [2.45, 2.75) is 39.4 Å². The molecular weight excluding hydrogens is 328 g/mol. The minimum absolute atomic E-state index is 0.358. The van der Waals surface area contributed by atoms with Gasteiger partial charge in [-0.15, -0.1) is 0 Å². The summed E-state index contributed by atoms with van der Waals surface area (Å²) >= 11 is 3.93. The number of fused-ring (bicyclic) bond motifs is 1. The van der Waals surface area contributed by atoms with E-state index in [0.29, 0.717) is 27.5 Å². The van der Waals surface area contributed by atoms with Crippen LogP contribution >= 0.6 is 15.9 Å². The molecule has 3 heteroatoms. The number of rotatable bonds is 2. The highest BCUT2D eigenvalue weighted by molar-refractivity contribution is 9.09. The zero-order valence-electron chi connectivity index (χ0n) is 13.6. The van der Waals surface area contributed by atoms with Crippen molar-refractivity contribution in [2.75, 3.05) is 13.2 Å². The van der Waals surface area contributed by atoms with Crippen LogP contribution in [0.1, 0.15) is 45.0 Å². The van der Waals surface area contributed by atoms with Crippen molar-refractivity contribution in [3.63, 3.8) is 0 Å². The standard InChI is InChI=1S/C18H25BrO2/c1-11-9-20-13-7-6-12(8-14(13)21-10-11)15(19)16-17(2,3)18(16,4)5/h6-8,11,15-16H,9-10H2,1-5H3. The Morgan fingerprint density at radius 2 is 1.62 bits per heavy atom. The largest absolute Gasteiger partial charge is 0.489 e. The zero-order valence-corrected chi connectivity index (χ0v) is 15.2. The van der Waals surface area contributed by atoms with Crippen LogP contribution in [0.4, 0.5) is 0 Å². The normalized spacial score (nSPS) is 27.8. The zero-order chi connectivity index (χ0) is 15.4. The van der Waals surface area contributed by atoms with Crippen LogP contribution in [-0.4, -0.2) is 13.2 Å². The maximum atomic E-state index is 5.91. The van der Waals surface area contributed by atoms with E-state index in [2.05, 4.69) is 68.7 Å². The van der Waals surface area contributed by atoms with E-state index in [1.807, 2.05) is 0 Å². The molecule has 0 spiro atoms. The van der Waals surface area contributed by atoms with Gasteiger partial charge in [0.1, 0.15) is 0 Å². The average molecular weight is 353 g/mol. The molecule has 0 bridgehead atoms. The number of alkyl halides is 1. The molecule has 0 N–H and O–H groups in total. The van der Waals surface area contributed by atoms with Gasteiger partial charge in [-0.05, 0) is 34.4 Å². The molecule has 0 saturated heterocycles. The van der Waals surface area contributed by atoms with Crippen molar-refractivity contribution in [1.29, 1.82) is 0 Å². The van der Waals surface area contributed by atoms with Gasteiger partial charge < -0.3 is 9.47 Å². The van der Waals surface area contributed by atoms with Crippen LogP contribution in [0.2, 0.25) is 0 Å². The number of ether oxygens (including phenoxy) is 2. The molecule has 0 amide bonds. The van der Waals surface area contributed by atoms with Gasteiger partial charge in [-0.3, -0.25) is 0 Å². The Labute approximate surface area is 136 Å². The maximum Gasteiger partial charge on any atom is 0.161 e. The monoisotopic (exact) mass is 352 g/mol. The maximum absolute atomic E-state index is 5.91. The molecule has 2 aliphatic rings. The molecule has 0 radical (unpaired) electrons. The molecule has 2 atom stereocenters. The number of benzene rings is 1. The molecule has 1 heterocycles. The minimum atomic E-state index is 0.358. The van der Waals surface area contributed by atoms with E-state index >= 15 is 0 Å². The number of hydrogen-bond donors (Lipinski definition) is 0. The van der Waals surface area contributed by atoms with Gasteiger partial charge in [0.05, 0.1) is 13.2 Å². The molecule has 1 aromatic carbocycles. The highest BCUT2D eigenvalue weighted by atomic mass is 79.9. The van der Waals surface area contributed by atoms with E-state index in [-0.39, 0.29) is 0 Å². The third-order valence-corrected chi connectivity index (χ3v) is 6.82. The first kappa shape index (κ1) is 15.2. The quantitative estimate of drug-likeness (QED) is 0.680. The summed E-state index contributed by atoms with van der Waals surface area (Å²) in [5, 5.41) is 0. The van der Waals surface area contributed by atoms with Crippen LogP contribution < -0.4 is 9.47 Å². The third kappa shape index (κ3) is 2.38. The Morgan fingerprint density at radius 1 is 1.05 bits per heavy atom. The van der Waals surface area contributed by atoms with Crippen molar-refractivity contribution in [3.05, 3.63) is 23.8 Å². The molecule has 21 heavy (non-hydrogen) atoms. The van der Waals surface area contributed by atoms with E-state index in [4.69, 9.17) is 9.47 Å². The predicted octanol–water partition coefficient (Wildman–Crippen LogP) is 5.21. The number of hydrogen-bond acceptors (Lipinski definition) is 2. The SMILES string of the molecule is CC1COc2ccc(C(Br)C3C(C)(C)C3(C)C)cc2OC1. The van der Waals surface area contributed by atoms with Crippen molar-refractivity contribution in [2.24, 2.45) is 22.7 Å². The fraction of sp³-hybridized carbons (Fsp3) is 0.667. The third-order valence-electron chi connectivity index (χ3n) is 5.76. The molecule has 2 unspecified atom stereocenters. The van der Waals surface area contributed by atoms with Gasteiger partial charge in [-0.25, -0.2) is 0 Å². The lowest BCUT2D eigenvalue weighted by Crippen LogP contribution is -2.12. The van der Waals surface area contributed by atoms with E-state index in [1.165, 1.54) is 5.56 Å². The van der Waals surface area contributed by atoms with Crippen molar-refractivity contribution in [3.8, 4) is 11.5 Å². The van der Waals surface area contributed by atoms with Crippen LogP contribution in [0.25, 0.3) is 0 Å². The van der Waals surface area contributed by atoms with Crippen LogP contribution in [0, 0.1) is 22.7 Å². The van der Waals surface area contributed by atoms with Gasteiger partial charge >= 0.3 is 0 Å². The van der Waals surface area contributed by atoms with Crippen LogP contribution in [0.5, 0.6) is 11.5 Å². The average Bonchev–Trinajstić information content (AvgIpc) is 2.91. The molecule has 1 aliphatic heterocycles. The molecule has 116 valence electrons. The Hall–Kier alpha value is -0.700. The number of halogens is 1. The summed E-state index contributed by atoms with van der Waals surface area (Å²) in [7, 11) is 0. The highest BCUT2D eigenvalue weighted by Crippen LogP contribution is 2.74. The summed E-state index contributed by atoms with van der Waals surface area (Å²) < 4.78 is 11.7. The molecule has 3 rings (SSSR count). The first-order chi connectivity index (χ1) is 9.75. The summed E-state index contributed by atoms with van der Waals surface area (Å²) in [4.78, 5) is 0.358. The first-order valence-electron chi connectivity index (χ1n) is 7.79. The second-order valence-corrected chi connectivity index (χ2v) is 8.74. The Bertz CT molecular complexity index is 536. The van der Waals surface area contributed by atoms with Gasteiger partial charge in [0.2, 0.25) is 0 Å². The summed E-state index contributed by atoms with van der Waals surface area (Å²) in [6.07, 6.45) is 0. The molecule has 2 nitrogen and oxygen atoms in total. The predicted molar refractivity (Wildman–Crippen MR) is 89.3 cm³/mol. The lowest BCUT2D eigenvalue weighted by Gasteiger charge is -2.15. The molecule has 0 aromatic heterocycles. The van der Waals surface area contributed by atoms with Crippen molar-refractivity contribution in [1.82, 2.24) is 0 Å². The van der Waals surface area contributed by atoms with Gasteiger partial charge in [-0.2, -0.15) is 0 Å². The van der Waals surface area contributed by atoms with Gasteiger partial charge in [0.25, 0.3) is 0 Å². The van der Waals surface area contributed by atoms with E-state index in [9.17, 15) is 0 Å². The van der Waals surface area contributed by atoms with Gasteiger partial charge in [0, 0.05) is 10.7 Å². The summed E-state index contributed by atoms with van der Waals surface area (Å²) in [5.41, 5.74) is 2.01. The van der Waals surface area contributed by atoms with E-state index in [0.717, 1.165) is 24.7 Å². The Kier molecular flexibility index (Phi) is 3.55. The molecule has 1 fully saturated rings. The van der Waals surface area contributed by atoms with Crippen molar-refractivity contribution >= 4 is 15.9 Å². The fourth-order valence-corrected chi connectivity index (χ4v) is 5.22. The first-order valence-corrected chi connectivity index (χ1v) is 8.70. The van der Waals surface area contributed by atoms with Crippen LogP contribution in [0.15, 0.2) is 18.2 Å². The fourth-order valence-electron chi connectivity index (χ4n) is 3.61. The highest BCUT2D eigenvalue weighted by Gasteiger charge is 2.66. The summed E-state index contributed by atoms with van der Waals surface area (Å²) in [6.45, 7) is 13.0. The van der Waals surface area contributed by atoms with Crippen molar-refractivity contribution < 1.29 is 9.47 Å². The lowest BCUT2D eigenvalue weighted by molar-refractivity contribution is 0.228. The Morgan fingerprint density at radius 3 is 2.19 bits per heavy atom. The van der Waals surface area contributed by atoms with Gasteiger partial charge in [0.15, 0.2) is 11.5 Å². The van der Waals surface area contributed by atoms with Crippen LogP contribution in [-0.2, 0) is 0 Å². The smallest absolute Gasteiger partial charge is 0.161 e. The second-order valence-electron chi connectivity index (χ2n) is 7.76. The molecular formula is C18H25BrO2. The van der Waals surface area contributed by atoms with Crippen LogP contribution in [0.3, 0.4) is 0 Å². The van der Waals surface area contributed by atoms with E-state index in [1.54, 1.807) is 0 Å². The minimum Gasteiger partial charge on any atom is -0.489 e. The van der Waals surface area contributed by atoms with E-state index < -0.39 is 0 Å². The summed E-state index contributed by atoms with van der Waals surface area (Å²) in [6, 6.07) is 6.37. The molecule has 1 aliphatic carbocycles. The Balaban J connectivity index is 1.85. The summed E-state index contributed by atoms with van der Waals surface area (Å²) in [5.74, 6) is 2.82. The lowest BCUT2D eigenvalue weighted by atomic mass is 10.0. The molecule has 1 aromatic rings. The van der Waals surface area contributed by atoms with Gasteiger partial charge in [-0.1, -0.05) is 56.6 Å². The topological polar surface area (TPSA) is 18.5 Å². The molecule has 1 saturated carbocycles. The second kappa shape index (κ2) is 4.91.